The molecule has 1 rings (SSSR count). The Bertz CT molecular complexity index is 284. The summed E-state index contributed by atoms with van der Waals surface area (Å²) in [6, 6.07) is -0.383. The van der Waals surface area contributed by atoms with Crippen LogP contribution in [-0.4, -0.2) is 28.5 Å². The van der Waals surface area contributed by atoms with E-state index in [4.69, 9.17) is 5.73 Å². The average molecular weight is 210 g/mol. The smallest absolute Gasteiger partial charge is 0.236 e. The maximum Gasteiger partial charge on any atom is 0.236 e. The number of aromatic amines is 1. The van der Waals surface area contributed by atoms with Crippen molar-refractivity contribution in [2.24, 2.45) is 5.73 Å². The SMILES string of the molecule is CCC[C@H](N)C(=O)NCCc1ncc[nH]1. The van der Waals surface area contributed by atoms with E-state index in [1.54, 1.807) is 12.4 Å². The lowest BCUT2D eigenvalue weighted by Gasteiger charge is -2.10. The van der Waals surface area contributed by atoms with Crippen LogP contribution in [0.25, 0.3) is 0 Å². The number of hydrogen-bond donors (Lipinski definition) is 3. The van der Waals surface area contributed by atoms with E-state index in [2.05, 4.69) is 15.3 Å². The lowest BCUT2D eigenvalue weighted by Crippen LogP contribution is -2.41. The Morgan fingerprint density at radius 1 is 1.73 bits per heavy atom. The molecule has 5 nitrogen and oxygen atoms in total. The van der Waals surface area contributed by atoms with Crippen LogP contribution in [0.3, 0.4) is 0 Å². The van der Waals surface area contributed by atoms with Gasteiger partial charge in [-0.1, -0.05) is 13.3 Å². The molecule has 0 saturated carbocycles. The van der Waals surface area contributed by atoms with Gasteiger partial charge in [-0.2, -0.15) is 0 Å². The van der Waals surface area contributed by atoms with Crippen molar-refractivity contribution >= 4 is 5.91 Å². The molecule has 5 heteroatoms. The van der Waals surface area contributed by atoms with Crippen LogP contribution in [0.2, 0.25) is 0 Å². The highest BCUT2D eigenvalue weighted by atomic mass is 16.2. The average Bonchev–Trinajstić information content (AvgIpc) is 2.71. The number of carbonyl (C=O) groups excluding carboxylic acids is 1. The van der Waals surface area contributed by atoms with Gasteiger partial charge >= 0.3 is 0 Å². The van der Waals surface area contributed by atoms with Gasteiger partial charge in [0.05, 0.1) is 6.04 Å². The Balaban J connectivity index is 2.17. The molecule has 4 N–H and O–H groups in total. The third-order valence-electron chi connectivity index (χ3n) is 2.15. The number of nitrogens with two attached hydrogens (primary N) is 1. The number of imidazole rings is 1. The number of rotatable bonds is 6. The van der Waals surface area contributed by atoms with Gasteiger partial charge in [0.25, 0.3) is 0 Å². The van der Waals surface area contributed by atoms with Crippen LogP contribution >= 0.6 is 0 Å². The van der Waals surface area contributed by atoms with E-state index in [9.17, 15) is 4.79 Å². The molecule has 0 fully saturated rings. The molecule has 0 aliphatic carbocycles. The van der Waals surface area contributed by atoms with E-state index < -0.39 is 0 Å². The van der Waals surface area contributed by atoms with Gasteiger partial charge in [0.1, 0.15) is 5.82 Å². The summed E-state index contributed by atoms with van der Waals surface area (Å²) < 4.78 is 0. The Hall–Kier alpha value is -1.36. The molecule has 15 heavy (non-hydrogen) atoms. The van der Waals surface area contributed by atoms with Gasteiger partial charge in [-0.3, -0.25) is 4.79 Å². The van der Waals surface area contributed by atoms with Gasteiger partial charge in [-0.15, -0.1) is 0 Å². The summed E-state index contributed by atoms with van der Waals surface area (Å²) in [7, 11) is 0. The number of nitrogens with one attached hydrogen (secondary N) is 2. The van der Waals surface area contributed by atoms with Crippen molar-refractivity contribution in [3.05, 3.63) is 18.2 Å². The number of nitrogens with zero attached hydrogens (tertiary/aromatic N) is 1. The third-order valence-corrected chi connectivity index (χ3v) is 2.15. The summed E-state index contributed by atoms with van der Waals surface area (Å²) in [5.74, 6) is 0.794. The molecule has 1 heterocycles. The van der Waals surface area contributed by atoms with Gasteiger partial charge in [-0.25, -0.2) is 4.98 Å². The Kier molecular flexibility index (Phi) is 4.83. The maximum absolute atomic E-state index is 11.4. The summed E-state index contributed by atoms with van der Waals surface area (Å²) in [4.78, 5) is 18.4. The van der Waals surface area contributed by atoms with E-state index in [1.165, 1.54) is 0 Å². The predicted octanol–water partition coefficient (Wildman–Crippen LogP) is 0.196. The first kappa shape index (κ1) is 11.7. The van der Waals surface area contributed by atoms with Crippen LogP contribution in [0.15, 0.2) is 12.4 Å². The van der Waals surface area contributed by atoms with Gasteiger partial charge in [0.15, 0.2) is 0 Å². The second-order valence-corrected chi connectivity index (χ2v) is 3.47. The fourth-order valence-corrected chi connectivity index (χ4v) is 1.31. The van der Waals surface area contributed by atoms with Gasteiger partial charge in [-0.05, 0) is 6.42 Å². The van der Waals surface area contributed by atoms with E-state index in [-0.39, 0.29) is 11.9 Å². The van der Waals surface area contributed by atoms with Crippen LogP contribution in [0.5, 0.6) is 0 Å². The predicted molar refractivity (Wildman–Crippen MR) is 58.2 cm³/mol. The summed E-state index contributed by atoms with van der Waals surface area (Å²) in [5, 5.41) is 2.78. The summed E-state index contributed by atoms with van der Waals surface area (Å²) in [5.41, 5.74) is 5.65. The van der Waals surface area contributed by atoms with Gasteiger partial charge < -0.3 is 16.0 Å². The molecule has 0 unspecified atom stereocenters. The lowest BCUT2D eigenvalue weighted by molar-refractivity contribution is -0.122. The Labute approximate surface area is 89.5 Å². The van der Waals surface area contributed by atoms with Gasteiger partial charge in [0.2, 0.25) is 5.91 Å². The highest BCUT2D eigenvalue weighted by Crippen LogP contribution is 1.93. The van der Waals surface area contributed by atoms with Gasteiger partial charge in [0, 0.05) is 25.4 Å². The standard InChI is InChI=1S/C10H18N4O/c1-2-3-8(11)10(15)14-5-4-9-12-6-7-13-9/h6-8H,2-5,11H2,1H3,(H,12,13)(H,14,15)/t8-/m0/s1. The molecule has 1 aromatic rings. The normalized spacial score (nSPS) is 12.4. The molecule has 0 aliphatic heterocycles. The molecule has 0 aromatic carbocycles. The highest BCUT2D eigenvalue weighted by molar-refractivity contribution is 5.81. The van der Waals surface area contributed by atoms with E-state index in [0.717, 1.165) is 18.7 Å². The molecule has 0 saturated heterocycles. The number of amides is 1. The zero-order valence-electron chi connectivity index (χ0n) is 8.99. The van der Waals surface area contributed by atoms with Crippen molar-refractivity contribution in [2.45, 2.75) is 32.2 Å². The summed E-state index contributed by atoms with van der Waals surface area (Å²) in [6.07, 6.45) is 5.82. The van der Waals surface area contributed by atoms with Crippen LogP contribution in [0.1, 0.15) is 25.6 Å². The number of H-pyrrole nitrogens is 1. The second-order valence-electron chi connectivity index (χ2n) is 3.47. The van der Waals surface area contributed by atoms with Crippen LogP contribution in [0.4, 0.5) is 0 Å². The van der Waals surface area contributed by atoms with Crippen molar-refractivity contribution in [3.63, 3.8) is 0 Å². The molecular formula is C10H18N4O. The number of hydrogen-bond acceptors (Lipinski definition) is 3. The maximum atomic E-state index is 11.4. The molecule has 0 aliphatic rings. The Morgan fingerprint density at radius 3 is 3.13 bits per heavy atom. The molecule has 1 amide bonds. The molecule has 0 spiro atoms. The van der Waals surface area contributed by atoms with E-state index in [1.807, 2.05) is 6.92 Å². The molecule has 0 bridgehead atoms. The first-order valence-corrected chi connectivity index (χ1v) is 5.25. The first-order chi connectivity index (χ1) is 7.24. The van der Waals surface area contributed by atoms with Crippen molar-refractivity contribution in [1.82, 2.24) is 15.3 Å². The van der Waals surface area contributed by atoms with Crippen molar-refractivity contribution in [1.29, 1.82) is 0 Å². The summed E-state index contributed by atoms with van der Waals surface area (Å²) in [6.45, 7) is 2.58. The second kappa shape index (κ2) is 6.19. The van der Waals surface area contributed by atoms with Crippen molar-refractivity contribution < 1.29 is 4.79 Å². The van der Waals surface area contributed by atoms with E-state index in [0.29, 0.717) is 13.0 Å². The fraction of sp³-hybridized carbons (Fsp3) is 0.600. The fourth-order valence-electron chi connectivity index (χ4n) is 1.31. The molecule has 0 radical (unpaired) electrons. The molecule has 1 atom stereocenters. The van der Waals surface area contributed by atoms with Crippen LogP contribution < -0.4 is 11.1 Å². The van der Waals surface area contributed by atoms with E-state index >= 15 is 0 Å². The number of carbonyl (C=O) groups is 1. The topological polar surface area (TPSA) is 83.8 Å². The lowest BCUT2D eigenvalue weighted by atomic mass is 10.2. The highest BCUT2D eigenvalue weighted by Gasteiger charge is 2.10. The van der Waals surface area contributed by atoms with Crippen molar-refractivity contribution in [3.8, 4) is 0 Å². The molecule has 1 aromatic heterocycles. The summed E-state index contributed by atoms with van der Waals surface area (Å²) >= 11 is 0. The van der Waals surface area contributed by atoms with Crippen molar-refractivity contribution in [2.75, 3.05) is 6.54 Å². The largest absolute Gasteiger partial charge is 0.354 e. The van der Waals surface area contributed by atoms with Crippen LogP contribution in [0, 0.1) is 0 Å². The molecular weight excluding hydrogens is 192 g/mol. The van der Waals surface area contributed by atoms with Crippen LogP contribution in [-0.2, 0) is 11.2 Å². The minimum absolute atomic E-state index is 0.0802. The zero-order valence-corrected chi connectivity index (χ0v) is 8.99. The molecule has 84 valence electrons. The quantitative estimate of drug-likeness (QED) is 0.627. The Morgan fingerprint density at radius 2 is 2.53 bits per heavy atom. The minimum atomic E-state index is -0.383. The first-order valence-electron chi connectivity index (χ1n) is 5.25. The zero-order chi connectivity index (χ0) is 11.1. The third kappa shape index (κ3) is 4.12. The monoisotopic (exact) mass is 210 g/mol. The number of aromatic nitrogens is 2. The minimum Gasteiger partial charge on any atom is -0.354 e.